The molecule has 3 aliphatic rings. The summed E-state index contributed by atoms with van der Waals surface area (Å²) in [5.41, 5.74) is 8.44. The van der Waals surface area contributed by atoms with E-state index in [1.807, 2.05) is 0 Å². The first-order chi connectivity index (χ1) is 15.0. The first-order valence-electron chi connectivity index (χ1n) is 11.8. The fourth-order valence-corrected chi connectivity index (χ4v) is 4.55. The Bertz CT molecular complexity index is 886. The van der Waals surface area contributed by atoms with Crippen LogP contribution in [0.15, 0.2) is 82.0 Å². The molecule has 0 unspecified atom stereocenters. The molecule has 0 saturated carbocycles. The zero-order valence-corrected chi connectivity index (χ0v) is 20.0. The van der Waals surface area contributed by atoms with Gasteiger partial charge in [0.1, 0.15) is 5.84 Å². The third-order valence-electron chi connectivity index (χ3n) is 6.57. The molecule has 31 heavy (non-hydrogen) atoms. The van der Waals surface area contributed by atoms with E-state index in [0.717, 1.165) is 50.7 Å². The molecule has 1 aliphatic carbocycles. The van der Waals surface area contributed by atoms with Crippen LogP contribution in [0.4, 0.5) is 0 Å². The van der Waals surface area contributed by atoms with E-state index in [1.54, 1.807) is 5.57 Å². The molecule has 0 fully saturated rings. The van der Waals surface area contributed by atoms with E-state index in [0.29, 0.717) is 0 Å². The van der Waals surface area contributed by atoms with Gasteiger partial charge in [-0.1, -0.05) is 67.1 Å². The maximum atomic E-state index is 4.49. The standard InChI is InChI=1S/C19H25N3.C9H14/c1-15-9-11-21(13-18-7-5-4-6-8-18)14-19(15)16(2)22-12-10-20-17(22)3;1-3-9-7-5-4-6-8(9)2/h4-8H,2,9-14H2,1,3H3;6-7H,3-5H2,1-2H3. The van der Waals surface area contributed by atoms with Gasteiger partial charge in [0.2, 0.25) is 0 Å². The lowest BCUT2D eigenvalue weighted by Crippen LogP contribution is -2.35. The number of hydrogen-bond donors (Lipinski definition) is 0. The minimum atomic E-state index is 0.894. The largest absolute Gasteiger partial charge is 0.329 e. The van der Waals surface area contributed by atoms with Crippen molar-refractivity contribution >= 4 is 5.84 Å². The van der Waals surface area contributed by atoms with Crippen LogP contribution < -0.4 is 0 Å². The van der Waals surface area contributed by atoms with Crippen LogP contribution in [-0.4, -0.2) is 41.8 Å². The summed E-state index contributed by atoms with van der Waals surface area (Å²) in [4.78, 5) is 9.28. The van der Waals surface area contributed by atoms with Gasteiger partial charge < -0.3 is 4.90 Å². The zero-order chi connectivity index (χ0) is 22.2. The third-order valence-corrected chi connectivity index (χ3v) is 6.57. The van der Waals surface area contributed by atoms with Gasteiger partial charge >= 0.3 is 0 Å². The molecular formula is C28H39N3. The van der Waals surface area contributed by atoms with Crippen molar-refractivity contribution in [3.05, 3.63) is 82.6 Å². The van der Waals surface area contributed by atoms with Gasteiger partial charge in [-0.15, -0.1) is 0 Å². The summed E-state index contributed by atoms with van der Waals surface area (Å²) in [6, 6.07) is 10.7. The number of allylic oxidation sites excluding steroid dienone is 4. The van der Waals surface area contributed by atoms with Crippen LogP contribution in [0.5, 0.6) is 0 Å². The van der Waals surface area contributed by atoms with Crippen LogP contribution in [-0.2, 0) is 6.54 Å². The summed E-state index contributed by atoms with van der Waals surface area (Å²) in [6.07, 6.45) is 9.51. The number of nitrogens with zero attached hydrogens (tertiary/aromatic N) is 3. The summed E-state index contributed by atoms with van der Waals surface area (Å²) < 4.78 is 0. The van der Waals surface area contributed by atoms with Crippen molar-refractivity contribution in [2.45, 2.75) is 59.9 Å². The van der Waals surface area contributed by atoms with Gasteiger partial charge in [-0.25, -0.2) is 0 Å². The van der Waals surface area contributed by atoms with Crippen LogP contribution in [0, 0.1) is 0 Å². The highest BCUT2D eigenvalue weighted by molar-refractivity contribution is 5.83. The molecule has 4 rings (SSSR count). The predicted molar refractivity (Wildman–Crippen MR) is 134 cm³/mol. The molecule has 0 bridgehead atoms. The van der Waals surface area contributed by atoms with E-state index in [1.165, 1.54) is 41.5 Å². The molecule has 0 radical (unpaired) electrons. The maximum absolute atomic E-state index is 4.49. The van der Waals surface area contributed by atoms with E-state index >= 15 is 0 Å². The first-order valence-corrected chi connectivity index (χ1v) is 11.8. The zero-order valence-electron chi connectivity index (χ0n) is 20.0. The normalized spacial score (nSPS) is 19.4. The summed E-state index contributed by atoms with van der Waals surface area (Å²) in [5.74, 6) is 1.10. The lowest BCUT2D eigenvalue weighted by molar-refractivity contribution is 0.275. The molecule has 1 aromatic carbocycles. The molecule has 0 aromatic heterocycles. The maximum Gasteiger partial charge on any atom is 0.100 e. The Kier molecular flexibility index (Phi) is 8.48. The van der Waals surface area contributed by atoms with Gasteiger partial charge in [0, 0.05) is 31.9 Å². The van der Waals surface area contributed by atoms with E-state index in [2.05, 4.69) is 91.5 Å². The fraction of sp³-hybridized carbons (Fsp3) is 0.464. The number of aliphatic imine (C=N–C) groups is 1. The van der Waals surface area contributed by atoms with E-state index in [-0.39, 0.29) is 0 Å². The Labute approximate surface area is 189 Å². The molecule has 3 nitrogen and oxygen atoms in total. The molecule has 0 spiro atoms. The third kappa shape index (κ3) is 6.30. The lowest BCUT2D eigenvalue weighted by atomic mass is 9.97. The highest BCUT2D eigenvalue weighted by Gasteiger charge is 2.24. The van der Waals surface area contributed by atoms with Gasteiger partial charge in [-0.3, -0.25) is 9.89 Å². The van der Waals surface area contributed by atoms with Crippen LogP contribution in [0.25, 0.3) is 0 Å². The SMILES string of the molecule is C=C(C1=C(C)CCN(Cc2ccccc2)C1)N1CCN=C1C.CCC1=CCCC=C1C. The minimum absolute atomic E-state index is 0.894. The van der Waals surface area contributed by atoms with Crippen molar-refractivity contribution in [2.24, 2.45) is 4.99 Å². The number of rotatable bonds is 5. The average molecular weight is 418 g/mol. The minimum Gasteiger partial charge on any atom is -0.329 e. The molecule has 166 valence electrons. The van der Waals surface area contributed by atoms with Crippen molar-refractivity contribution in [1.29, 1.82) is 0 Å². The van der Waals surface area contributed by atoms with Crippen molar-refractivity contribution in [3.8, 4) is 0 Å². The predicted octanol–water partition coefficient (Wildman–Crippen LogP) is 6.52. The highest BCUT2D eigenvalue weighted by Crippen LogP contribution is 2.27. The van der Waals surface area contributed by atoms with E-state index < -0.39 is 0 Å². The molecule has 1 aromatic rings. The number of benzene rings is 1. The van der Waals surface area contributed by atoms with Gasteiger partial charge in [-0.05, 0) is 63.2 Å². The van der Waals surface area contributed by atoms with Crippen molar-refractivity contribution in [3.63, 3.8) is 0 Å². The van der Waals surface area contributed by atoms with Crippen LogP contribution in [0.1, 0.15) is 58.9 Å². The van der Waals surface area contributed by atoms with E-state index in [9.17, 15) is 0 Å². The molecule has 3 heteroatoms. The summed E-state index contributed by atoms with van der Waals surface area (Å²) >= 11 is 0. The molecule has 0 N–H and O–H groups in total. The van der Waals surface area contributed by atoms with Gasteiger partial charge in [0.05, 0.1) is 6.54 Å². The van der Waals surface area contributed by atoms with Gasteiger partial charge in [0.25, 0.3) is 0 Å². The van der Waals surface area contributed by atoms with Crippen molar-refractivity contribution < 1.29 is 0 Å². The van der Waals surface area contributed by atoms with Gasteiger partial charge in [-0.2, -0.15) is 0 Å². The second-order valence-corrected chi connectivity index (χ2v) is 8.78. The quantitative estimate of drug-likeness (QED) is 0.543. The average Bonchev–Trinajstić information content (AvgIpc) is 3.22. The number of hydrogen-bond acceptors (Lipinski definition) is 3. The Hall–Kier alpha value is -2.39. The summed E-state index contributed by atoms with van der Waals surface area (Å²) in [7, 11) is 0. The Morgan fingerprint density at radius 1 is 1.03 bits per heavy atom. The second kappa shape index (κ2) is 11.3. The Balaban J connectivity index is 0.000000254. The summed E-state index contributed by atoms with van der Waals surface area (Å²) in [6.45, 7) is 18.1. The molecular weight excluding hydrogens is 378 g/mol. The first kappa shape index (κ1) is 23.3. The summed E-state index contributed by atoms with van der Waals surface area (Å²) in [5, 5.41) is 0. The molecule has 2 aliphatic heterocycles. The van der Waals surface area contributed by atoms with E-state index in [4.69, 9.17) is 0 Å². The Morgan fingerprint density at radius 2 is 1.77 bits per heavy atom. The fourth-order valence-electron chi connectivity index (χ4n) is 4.55. The molecule has 0 amide bonds. The monoisotopic (exact) mass is 417 g/mol. The van der Waals surface area contributed by atoms with Gasteiger partial charge in [0.15, 0.2) is 0 Å². The topological polar surface area (TPSA) is 18.8 Å². The van der Waals surface area contributed by atoms with Crippen molar-refractivity contribution in [2.75, 3.05) is 26.2 Å². The van der Waals surface area contributed by atoms with Crippen molar-refractivity contribution in [1.82, 2.24) is 9.80 Å². The molecule has 2 heterocycles. The smallest absolute Gasteiger partial charge is 0.100 e. The van der Waals surface area contributed by atoms with Crippen LogP contribution >= 0.6 is 0 Å². The molecule has 0 saturated heterocycles. The lowest BCUT2D eigenvalue weighted by Gasteiger charge is -2.33. The Morgan fingerprint density at radius 3 is 2.39 bits per heavy atom. The van der Waals surface area contributed by atoms with Crippen LogP contribution in [0.2, 0.25) is 0 Å². The molecule has 0 atom stereocenters. The second-order valence-electron chi connectivity index (χ2n) is 8.78. The highest BCUT2D eigenvalue weighted by atomic mass is 15.2. The van der Waals surface area contributed by atoms with Crippen LogP contribution in [0.3, 0.4) is 0 Å². The number of amidine groups is 1.